The summed E-state index contributed by atoms with van der Waals surface area (Å²) < 4.78 is 5.54. The molecule has 0 aromatic heterocycles. The number of fused-ring (bicyclic) bond motifs is 1. The summed E-state index contributed by atoms with van der Waals surface area (Å²) in [4.78, 5) is 0. The molecule has 0 saturated carbocycles. The van der Waals surface area contributed by atoms with Gasteiger partial charge in [-0.2, -0.15) is 0 Å². The van der Waals surface area contributed by atoms with E-state index in [-0.39, 0.29) is 0 Å². The van der Waals surface area contributed by atoms with Crippen molar-refractivity contribution in [3.63, 3.8) is 0 Å². The molecule has 0 amide bonds. The van der Waals surface area contributed by atoms with Gasteiger partial charge in [-0.1, -0.05) is 24.3 Å². The van der Waals surface area contributed by atoms with Crippen LogP contribution in [0.25, 0.3) is 10.8 Å². The Balaban J connectivity index is 2.59. The lowest BCUT2D eigenvalue weighted by atomic mass is 10.1. The van der Waals surface area contributed by atoms with E-state index in [9.17, 15) is 0 Å². The smallest absolute Gasteiger partial charge is 0.122 e. The van der Waals surface area contributed by atoms with Crippen molar-refractivity contribution >= 4 is 10.8 Å². The van der Waals surface area contributed by atoms with Gasteiger partial charge in [0.25, 0.3) is 0 Å². The molecule has 0 N–H and O–H groups in total. The molecule has 0 aliphatic carbocycles. The third-order valence-corrected chi connectivity index (χ3v) is 2.34. The van der Waals surface area contributed by atoms with E-state index in [1.54, 1.807) is 0 Å². The minimum atomic E-state index is 0.721. The Kier molecular flexibility index (Phi) is 2.40. The largest absolute Gasteiger partial charge is 0.494 e. The summed E-state index contributed by atoms with van der Waals surface area (Å²) >= 11 is 0. The van der Waals surface area contributed by atoms with Gasteiger partial charge in [-0.3, -0.25) is 0 Å². The van der Waals surface area contributed by atoms with Crippen LogP contribution in [0.15, 0.2) is 36.4 Å². The minimum Gasteiger partial charge on any atom is -0.494 e. The third kappa shape index (κ3) is 1.58. The number of hydrogen-bond acceptors (Lipinski definition) is 1. The Morgan fingerprint density at radius 1 is 1.07 bits per heavy atom. The molecule has 2 aromatic rings. The van der Waals surface area contributed by atoms with E-state index in [1.807, 2.05) is 13.0 Å². The average Bonchev–Trinajstić information content (AvgIpc) is 2.19. The molecule has 2 aromatic carbocycles. The Morgan fingerprint density at radius 2 is 1.71 bits per heavy atom. The first-order chi connectivity index (χ1) is 6.81. The van der Waals surface area contributed by atoms with E-state index < -0.39 is 0 Å². The van der Waals surface area contributed by atoms with Crippen LogP contribution in [0.4, 0.5) is 0 Å². The highest BCUT2D eigenvalue weighted by atomic mass is 16.5. The molecular weight excluding hydrogens is 172 g/mol. The zero-order valence-electron chi connectivity index (χ0n) is 8.58. The summed E-state index contributed by atoms with van der Waals surface area (Å²) in [5.74, 6) is 0.992. The van der Waals surface area contributed by atoms with Gasteiger partial charge in [-0.25, -0.2) is 0 Å². The average molecular weight is 186 g/mol. The summed E-state index contributed by atoms with van der Waals surface area (Å²) in [7, 11) is 0. The number of rotatable bonds is 2. The molecule has 14 heavy (non-hydrogen) atoms. The fraction of sp³-hybridized carbons (Fsp3) is 0.231. The fourth-order valence-electron chi connectivity index (χ4n) is 1.64. The number of hydrogen-bond donors (Lipinski definition) is 0. The first kappa shape index (κ1) is 9.07. The summed E-state index contributed by atoms with van der Waals surface area (Å²) in [5.41, 5.74) is 1.20. The molecule has 72 valence electrons. The standard InChI is InChI=1S/C13H14O/c1-3-14-13-9-12-7-5-4-6-11(12)8-10(13)2/h4-9H,3H2,1-2H3. The Bertz CT molecular complexity index is 446. The van der Waals surface area contributed by atoms with Crippen molar-refractivity contribution in [3.8, 4) is 5.75 Å². The van der Waals surface area contributed by atoms with Crippen LogP contribution in [0.5, 0.6) is 5.75 Å². The van der Waals surface area contributed by atoms with E-state index in [0.717, 1.165) is 12.4 Å². The van der Waals surface area contributed by atoms with Gasteiger partial charge in [0, 0.05) is 0 Å². The molecule has 0 spiro atoms. The summed E-state index contributed by atoms with van der Waals surface area (Å²) in [6.07, 6.45) is 0. The molecule has 0 bridgehead atoms. The van der Waals surface area contributed by atoms with Crippen LogP contribution in [-0.4, -0.2) is 6.61 Å². The van der Waals surface area contributed by atoms with Crippen LogP contribution >= 0.6 is 0 Å². The molecule has 0 unspecified atom stereocenters. The van der Waals surface area contributed by atoms with E-state index >= 15 is 0 Å². The Morgan fingerprint density at radius 3 is 2.36 bits per heavy atom. The van der Waals surface area contributed by atoms with Gasteiger partial charge >= 0.3 is 0 Å². The van der Waals surface area contributed by atoms with Crippen molar-refractivity contribution in [1.29, 1.82) is 0 Å². The van der Waals surface area contributed by atoms with Crippen LogP contribution in [0.3, 0.4) is 0 Å². The lowest BCUT2D eigenvalue weighted by Gasteiger charge is -2.08. The minimum absolute atomic E-state index is 0.721. The van der Waals surface area contributed by atoms with Gasteiger partial charge in [0.1, 0.15) is 5.75 Å². The topological polar surface area (TPSA) is 9.23 Å². The van der Waals surface area contributed by atoms with E-state index in [2.05, 4.69) is 37.3 Å². The van der Waals surface area contributed by atoms with Gasteiger partial charge in [-0.15, -0.1) is 0 Å². The number of benzene rings is 2. The fourth-order valence-corrected chi connectivity index (χ4v) is 1.64. The quantitative estimate of drug-likeness (QED) is 0.697. The van der Waals surface area contributed by atoms with Crippen molar-refractivity contribution in [2.45, 2.75) is 13.8 Å². The van der Waals surface area contributed by atoms with Crippen LogP contribution in [0.1, 0.15) is 12.5 Å². The van der Waals surface area contributed by atoms with Crippen LogP contribution < -0.4 is 4.74 Å². The van der Waals surface area contributed by atoms with Crippen LogP contribution in [0, 0.1) is 6.92 Å². The zero-order chi connectivity index (χ0) is 9.97. The second-order valence-electron chi connectivity index (χ2n) is 3.40. The maximum absolute atomic E-state index is 5.54. The van der Waals surface area contributed by atoms with Crippen molar-refractivity contribution in [1.82, 2.24) is 0 Å². The lowest BCUT2D eigenvalue weighted by Crippen LogP contribution is -1.93. The lowest BCUT2D eigenvalue weighted by molar-refractivity contribution is 0.338. The van der Waals surface area contributed by atoms with Crippen molar-refractivity contribution < 1.29 is 4.74 Å². The first-order valence-electron chi connectivity index (χ1n) is 4.93. The molecule has 1 heteroatoms. The maximum atomic E-state index is 5.54. The number of aryl methyl sites for hydroxylation is 1. The summed E-state index contributed by atoms with van der Waals surface area (Å²) in [5, 5.41) is 2.51. The van der Waals surface area contributed by atoms with Crippen molar-refractivity contribution in [2.75, 3.05) is 6.61 Å². The van der Waals surface area contributed by atoms with Crippen molar-refractivity contribution in [2.24, 2.45) is 0 Å². The highest BCUT2D eigenvalue weighted by Gasteiger charge is 2.00. The summed E-state index contributed by atoms with van der Waals surface area (Å²) in [6, 6.07) is 12.6. The highest BCUT2D eigenvalue weighted by molar-refractivity contribution is 5.84. The van der Waals surface area contributed by atoms with Crippen LogP contribution in [-0.2, 0) is 0 Å². The van der Waals surface area contributed by atoms with Gasteiger partial charge in [-0.05, 0) is 42.3 Å². The normalized spacial score (nSPS) is 10.4. The molecule has 0 aliphatic rings. The molecular formula is C13H14O. The van der Waals surface area contributed by atoms with E-state index in [1.165, 1.54) is 16.3 Å². The molecule has 1 nitrogen and oxygen atoms in total. The third-order valence-electron chi connectivity index (χ3n) is 2.34. The van der Waals surface area contributed by atoms with Gasteiger partial charge in [0.2, 0.25) is 0 Å². The second kappa shape index (κ2) is 3.70. The van der Waals surface area contributed by atoms with E-state index in [0.29, 0.717) is 0 Å². The summed E-state index contributed by atoms with van der Waals surface area (Å²) in [6.45, 7) is 4.81. The second-order valence-corrected chi connectivity index (χ2v) is 3.40. The first-order valence-corrected chi connectivity index (χ1v) is 4.93. The van der Waals surface area contributed by atoms with Gasteiger partial charge in [0.15, 0.2) is 0 Å². The molecule has 0 aliphatic heterocycles. The predicted molar refractivity (Wildman–Crippen MR) is 59.9 cm³/mol. The van der Waals surface area contributed by atoms with Gasteiger partial charge < -0.3 is 4.74 Å². The molecule has 2 rings (SSSR count). The molecule has 0 fully saturated rings. The Labute approximate surface area is 84.3 Å². The molecule has 0 radical (unpaired) electrons. The molecule has 0 saturated heterocycles. The Hall–Kier alpha value is -1.50. The molecule has 0 heterocycles. The predicted octanol–water partition coefficient (Wildman–Crippen LogP) is 3.55. The molecule has 0 atom stereocenters. The highest BCUT2D eigenvalue weighted by Crippen LogP contribution is 2.25. The van der Waals surface area contributed by atoms with Crippen molar-refractivity contribution in [3.05, 3.63) is 42.0 Å². The van der Waals surface area contributed by atoms with Crippen LogP contribution in [0.2, 0.25) is 0 Å². The SMILES string of the molecule is CCOc1cc2ccccc2cc1C. The maximum Gasteiger partial charge on any atom is 0.122 e. The zero-order valence-corrected chi connectivity index (χ0v) is 8.58. The van der Waals surface area contributed by atoms with E-state index in [4.69, 9.17) is 4.74 Å². The van der Waals surface area contributed by atoms with Gasteiger partial charge in [0.05, 0.1) is 6.61 Å². The number of ether oxygens (including phenoxy) is 1. The monoisotopic (exact) mass is 186 g/mol.